The number of nitrogens with one attached hydrogen (secondary N) is 1. The number of carbonyl (C=O) groups is 1. The van der Waals surface area contributed by atoms with Crippen molar-refractivity contribution in [3.05, 3.63) is 0 Å². The molecule has 0 bridgehead atoms. The van der Waals surface area contributed by atoms with Crippen LogP contribution in [0.25, 0.3) is 0 Å². The first-order chi connectivity index (χ1) is 8.20. The molecule has 0 aromatic heterocycles. The van der Waals surface area contributed by atoms with Crippen molar-refractivity contribution in [3.63, 3.8) is 0 Å². The van der Waals surface area contributed by atoms with Crippen LogP contribution in [0.5, 0.6) is 0 Å². The molecule has 3 unspecified atom stereocenters. The molecule has 0 heterocycles. The number of rotatable bonds is 4. The van der Waals surface area contributed by atoms with Gasteiger partial charge in [-0.15, -0.1) is 0 Å². The molecule has 0 spiro atoms. The number of hydrogen-bond acceptors (Lipinski definition) is 3. The zero-order chi connectivity index (χ0) is 12.3. The van der Waals surface area contributed by atoms with E-state index in [4.69, 9.17) is 4.74 Å². The summed E-state index contributed by atoms with van der Waals surface area (Å²) in [5, 5.41) is 3.55. The predicted octanol–water partition coefficient (Wildman–Crippen LogP) is 2.50. The Kier molecular flexibility index (Phi) is 4.43. The van der Waals surface area contributed by atoms with Crippen LogP contribution in [0.2, 0.25) is 0 Å². The molecular formula is C14H25NO2. The van der Waals surface area contributed by atoms with E-state index < -0.39 is 0 Å². The molecule has 3 nitrogen and oxygen atoms in total. The van der Waals surface area contributed by atoms with E-state index in [2.05, 4.69) is 12.2 Å². The summed E-state index contributed by atoms with van der Waals surface area (Å²) in [6, 6.07) is 0.475. The quantitative estimate of drug-likeness (QED) is 0.605. The Hall–Kier alpha value is -0.570. The molecule has 2 aliphatic rings. The molecule has 2 rings (SSSR count). The Morgan fingerprint density at radius 3 is 2.59 bits per heavy atom. The minimum atomic E-state index is -0.0650. The highest BCUT2D eigenvalue weighted by atomic mass is 16.5. The molecule has 2 fully saturated rings. The molecule has 3 heteroatoms. The van der Waals surface area contributed by atoms with Gasteiger partial charge in [0.15, 0.2) is 0 Å². The second-order valence-corrected chi connectivity index (χ2v) is 5.82. The van der Waals surface area contributed by atoms with Crippen molar-refractivity contribution in [2.45, 2.75) is 64.0 Å². The van der Waals surface area contributed by atoms with E-state index in [1.807, 2.05) is 0 Å². The van der Waals surface area contributed by atoms with Gasteiger partial charge in [0.05, 0.1) is 7.11 Å². The fourth-order valence-electron chi connectivity index (χ4n) is 2.86. The summed E-state index contributed by atoms with van der Waals surface area (Å²) < 4.78 is 4.91. The predicted molar refractivity (Wildman–Crippen MR) is 67.7 cm³/mol. The monoisotopic (exact) mass is 239 g/mol. The van der Waals surface area contributed by atoms with Crippen molar-refractivity contribution in [1.29, 1.82) is 0 Å². The van der Waals surface area contributed by atoms with Gasteiger partial charge in [-0.05, 0) is 43.9 Å². The zero-order valence-electron chi connectivity index (χ0n) is 11.1. The second-order valence-electron chi connectivity index (χ2n) is 5.82. The number of methoxy groups -OCH3 is 1. The van der Waals surface area contributed by atoms with Crippen molar-refractivity contribution in [3.8, 4) is 0 Å². The van der Waals surface area contributed by atoms with Crippen LogP contribution >= 0.6 is 0 Å². The summed E-state index contributed by atoms with van der Waals surface area (Å²) in [5.74, 6) is 1.31. The summed E-state index contributed by atoms with van der Waals surface area (Å²) >= 11 is 0. The lowest BCUT2D eigenvalue weighted by molar-refractivity contribution is -0.144. The summed E-state index contributed by atoms with van der Waals surface area (Å²) in [6.45, 7) is 2.33. The van der Waals surface area contributed by atoms with Gasteiger partial charge < -0.3 is 10.1 Å². The van der Waals surface area contributed by atoms with Crippen LogP contribution in [0.15, 0.2) is 0 Å². The third kappa shape index (κ3) is 3.70. The topological polar surface area (TPSA) is 38.3 Å². The molecule has 0 saturated heterocycles. The van der Waals surface area contributed by atoms with E-state index in [1.165, 1.54) is 52.1 Å². The van der Waals surface area contributed by atoms with Gasteiger partial charge >= 0.3 is 5.97 Å². The Labute approximate surface area is 104 Å². The summed E-state index contributed by atoms with van der Waals surface area (Å²) in [5.41, 5.74) is 0. The summed E-state index contributed by atoms with van der Waals surface area (Å²) in [6.07, 6.45) is 8.69. The molecule has 3 atom stereocenters. The van der Waals surface area contributed by atoms with Crippen molar-refractivity contribution in [1.82, 2.24) is 5.32 Å². The van der Waals surface area contributed by atoms with Crippen LogP contribution in [0.3, 0.4) is 0 Å². The van der Waals surface area contributed by atoms with E-state index >= 15 is 0 Å². The van der Waals surface area contributed by atoms with Crippen LogP contribution in [-0.2, 0) is 9.53 Å². The Morgan fingerprint density at radius 2 is 1.94 bits per heavy atom. The average Bonchev–Trinajstić information content (AvgIpc) is 3.14. The van der Waals surface area contributed by atoms with Crippen LogP contribution in [0, 0.1) is 11.8 Å². The SMILES string of the molecule is COC(=O)C(NC1CCCC(C)CC1)C1CC1. The molecule has 0 aromatic carbocycles. The van der Waals surface area contributed by atoms with Crippen LogP contribution in [-0.4, -0.2) is 25.2 Å². The first-order valence-corrected chi connectivity index (χ1v) is 7.04. The third-order valence-corrected chi connectivity index (χ3v) is 4.22. The van der Waals surface area contributed by atoms with Gasteiger partial charge in [0.25, 0.3) is 0 Å². The third-order valence-electron chi connectivity index (χ3n) is 4.22. The number of esters is 1. The Balaban J connectivity index is 1.86. The standard InChI is InChI=1S/C14H25NO2/c1-10-4-3-5-12(9-6-10)15-13(11-7-8-11)14(16)17-2/h10-13,15H,3-9H2,1-2H3. The van der Waals surface area contributed by atoms with Crippen molar-refractivity contribution < 1.29 is 9.53 Å². The molecule has 0 amide bonds. The summed E-state index contributed by atoms with van der Waals surface area (Å²) in [4.78, 5) is 11.7. The van der Waals surface area contributed by atoms with E-state index in [0.717, 1.165) is 5.92 Å². The lowest BCUT2D eigenvalue weighted by Crippen LogP contribution is -2.45. The number of carbonyl (C=O) groups excluding carboxylic acids is 1. The molecule has 2 saturated carbocycles. The van der Waals surface area contributed by atoms with Crippen molar-refractivity contribution in [2.24, 2.45) is 11.8 Å². The maximum absolute atomic E-state index is 11.7. The minimum Gasteiger partial charge on any atom is -0.468 e. The van der Waals surface area contributed by atoms with Crippen LogP contribution < -0.4 is 5.32 Å². The van der Waals surface area contributed by atoms with Gasteiger partial charge in [-0.25, -0.2) is 0 Å². The van der Waals surface area contributed by atoms with E-state index in [1.54, 1.807) is 0 Å². The second kappa shape index (κ2) is 5.85. The molecule has 0 radical (unpaired) electrons. The summed E-state index contributed by atoms with van der Waals surface area (Å²) in [7, 11) is 1.49. The van der Waals surface area contributed by atoms with Crippen molar-refractivity contribution >= 4 is 5.97 Å². The molecule has 0 aliphatic heterocycles. The van der Waals surface area contributed by atoms with Crippen LogP contribution in [0.4, 0.5) is 0 Å². The molecule has 2 aliphatic carbocycles. The molecular weight excluding hydrogens is 214 g/mol. The first-order valence-electron chi connectivity index (χ1n) is 7.04. The Morgan fingerprint density at radius 1 is 1.18 bits per heavy atom. The lowest BCUT2D eigenvalue weighted by Gasteiger charge is -2.23. The highest BCUT2D eigenvalue weighted by molar-refractivity contribution is 5.76. The van der Waals surface area contributed by atoms with E-state index in [-0.39, 0.29) is 12.0 Å². The average molecular weight is 239 g/mol. The van der Waals surface area contributed by atoms with Gasteiger partial charge in [-0.1, -0.05) is 19.8 Å². The van der Waals surface area contributed by atoms with Gasteiger partial charge in [0, 0.05) is 6.04 Å². The van der Waals surface area contributed by atoms with Crippen molar-refractivity contribution in [2.75, 3.05) is 7.11 Å². The highest BCUT2D eigenvalue weighted by Crippen LogP contribution is 2.34. The molecule has 1 N–H and O–H groups in total. The minimum absolute atomic E-state index is 0.0431. The Bertz CT molecular complexity index is 263. The maximum Gasteiger partial charge on any atom is 0.323 e. The van der Waals surface area contributed by atoms with Gasteiger partial charge in [-0.3, -0.25) is 4.79 Å². The fourth-order valence-corrected chi connectivity index (χ4v) is 2.86. The molecule has 0 aromatic rings. The normalized spacial score (nSPS) is 31.6. The highest BCUT2D eigenvalue weighted by Gasteiger charge is 2.38. The lowest BCUT2D eigenvalue weighted by atomic mass is 10.0. The van der Waals surface area contributed by atoms with Gasteiger partial charge in [0.2, 0.25) is 0 Å². The van der Waals surface area contributed by atoms with E-state index in [9.17, 15) is 4.79 Å². The molecule has 98 valence electrons. The zero-order valence-corrected chi connectivity index (χ0v) is 11.1. The first kappa shape index (κ1) is 12.9. The van der Waals surface area contributed by atoms with Gasteiger partial charge in [-0.2, -0.15) is 0 Å². The number of hydrogen-bond donors (Lipinski definition) is 1. The fraction of sp³-hybridized carbons (Fsp3) is 0.929. The van der Waals surface area contributed by atoms with Gasteiger partial charge in [0.1, 0.15) is 6.04 Å². The molecule has 17 heavy (non-hydrogen) atoms. The largest absolute Gasteiger partial charge is 0.468 e. The van der Waals surface area contributed by atoms with Crippen LogP contribution in [0.1, 0.15) is 51.9 Å². The smallest absolute Gasteiger partial charge is 0.323 e. The van der Waals surface area contributed by atoms with E-state index in [0.29, 0.717) is 12.0 Å². The number of ether oxygens (including phenoxy) is 1. The maximum atomic E-state index is 11.7.